The number of primary amides is 1. The second-order valence-corrected chi connectivity index (χ2v) is 7.58. The van der Waals surface area contributed by atoms with Crippen molar-refractivity contribution >= 4 is 40.9 Å². The highest BCUT2D eigenvalue weighted by Crippen LogP contribution is 2.33. The molecule has 0 bridgehead atoms. The van der Waals surface area contributed by atoms with Crippen LogP contribution in [0.1, 0.15) is 18.4 Å². The van der Waals surface area contributed by atoms with E-state index in [4.69, 9.17) is 33.7 Å². The molecule has 1 unspecified atom stereocenters. The topological polar surface area (TPSA) is 98.9 Å². The molecule has 30 heavy (non-hydrogen) atoms. The van der Waals surface area contributed by atoms with Crippen LogP contribution in [0.3, 0.4) is 0 Å². The minimum absolute atomic E-state index is 0.0498. The fourth-order valence-corrected chi connectivity index (χ4v) is 3.68. The first kappa shape index (κ1) is 21.9. The van der Waals surface area contributed by atoms with Crippen molar-refractivity contribution in [1.82, 2.24) is 4.90 Å². The summed E-state index contributed by atoms with van der Waals surface area (Å²) < 4.78 is 10.4. The highest BCUT2D eigenvalue weighted by molar-refractivity contribution is 6.42. The Bertz CT molecular complexity index is 984. The summed E-state index contributed by atoms with van der Waals surface area (Å²) in [6, 6.07) is 4.45. The first-order valence-corrected chi connectivity index (χ1v) is 9.92. The van der Waals surface area contributed by atoms with Crippen LogP contribution in [-0.2, 0) is 30.5 Å². The van der Waals surface area contributed by atoms with Gasteiger partial charge < -0.3 is 20.1 Å². The van der Waals surface area contributed by atoms with Gasteiger partial charge >= 0.3 is 5.97 Å². The quantitative estimate of drug-likeness (QED) is 0.611. The third kappa shape index (κ3) is 4.68. The van der Waals surface area contributed by atoms with Gasteiger partial charge in [-0.05, 0) is 30.2 Å². The fraction of sp³-hybridized carbons (Fsp3) is 0.286. The number of nitrogens with zero attached hydrogens (tertiary/aromatic N) is 1. The molecule has 0 saturated carbocycles. The number of nitrogens with two attached hydrogens (primary N) is 1. The number of amides is 1. The Balaban J connectivity index is 1.80. The smallest absolute Gasteiger partial charge is 0.305 e. The number of hydrogen-bond donors (Lipinski definition) is 1. The van der Waals surface area contributed by atoms with Crippen LogP contribution >= 0.6 is 23.2 Å². The zero-order valence-corrected chi connectivity index (χ0v) is 17.7. The maximum Gasteiger partial charge on any atom is 0.305 e. The van der Waals surface area contributed by atoms with E-state index >= 15 is 0 Å². The van der Waals surface area contributed by atoms with Crippen molar-refractivity contribution in [2.24, 2.45) is 5.73 Å². The largest absolute Gasteiger partial charge is 0.484 e. The van der Waals surface area contributed by atoms with E-state index in [0.717, 1.165) is 5.57 Å². The Kier molecular flexibility index (Phi) is 6.84. The molecule has 2 aliphatic rings. The second kappa shape index (κ2) is 9.36. The zero-order valence-electron chi connectivity index (χ0n) is 16.2. The lowest BCUT2D eigenvalue weighted by molar-refractivity contribution is -0.141. The molecule has 1 aliphatic carbocycles. The molecular weight excluding hydrogens is 431 g/mol. The molecule has 1 aromatic rings. The van der Waals surface area contributed by atoms with Crippen LogP contribution in [0.4, 0.5) is 0 Å². The van der Waals surface area contributed by atoms with Crippen molar-refractivity contribution in [3.8, 4) is 0 Å². The molecule has 1 aromatic carbocycles. The predicted molar refractivity (Wildman–Crippen MR) is 111 cm³/mol. The Labute approximate surface area is 183 Å². The number of rotatable bonds is 8. The number of fused-ring (bicyclic) bond motifs is 1. The van der Waals surface area contributed by atoms with E-state index in [-0.39, 0.29) is 37.5 Å². The number of halogens is 2. The number of carbonyl (C=O) groups is 3. The van der Waals surface area contributed by atoms with Gasteiger partial charge in [0.1, 0.15) is 12.6 Å². The Morgan fingerprint density at radius 2 is 2.03 bits per heavy atom. The van der Waals surface area contributed by atoms with Crippen molar-refractivity contribution < 1.29 is 23.9 Å². The summed E-state index contributed by atoms with van der Waals surface area (Å²) in [5.74, 6) is -1.11. The standard InChI is InChI=1S/C21H20Cl2N2O5/c1-29-18(27)8-6-16(21(24)28)25-9-12-5-7-17(26)20(14(12)10-25)30-11-13-3-2-4-15(22)19(13)23/h2-5,7,9,16H,6,8,10-11H2,1H3,(H2,24,28). The predicted octanol–water partition coefficient (Wildman–Crippen LogP) is 2.91. The summed E-state index contributed by atoms with van der Waals surface area (Å²) >= 11 is 12.2. The fourth-order valence-electron chi connectivity index (χ4n) is 3.31. The highest BCUT2D eigenvalue weighted by atomic mass is 35.5. The SMILES string of the molecule is COC(=O)CCC(C(N)=O)N1C=C2C=CC(=O)C(OCc3cccc(Cl)c3Cl)=C2C1. The van der Waals surface area contributed by atoms with E-state index in [1.165, 1.54) is 13.2 Å². The minimum atomic E-state index is -0.721. The van der Waals surface area contributed by atoms with Crippen molar-refractivity contribution in [1.29, 1.82) is 0 Å². The molecule has 0 spiro atoms. The lowest BCUT2D eigenvalue weighted by Crippen LogP contribution is -2.41. The van der Waals surface area contributed by atoms with Gasteiger partial charge in [0.15, 0.2) is 5.76 Å². The number of esters is 1. The summed E-state index contributed by atoms with van der Waals surface area (Å²) in [4.78, 5) is 37.6. The minimum Gasteiger partial charge on any atom is -0.484 e. The summed E-state index contributed by atoms with van der Waals surface area (Å²) in [6.45, 7) is 0.311. The van der Waals surface area contributed by atoms with Gasteiger partial charge in [0.25, 0.3) is 0 Å². The maximum absolute atomic E-state index is 12.4. The molecule has 0 aromatic heterocycles. The van der Waals surface area contributed by atoms with E-state index in [9.17, 15) is 14.4 Å². The van der Waals surface area contributed by atoms with Crippen molar-refractivity contribution in [3.63, 3.8) is 0 Å². The average Bonchev–Trinajstić information content (AvgIpc) is 3.13. The molecule has 7 nitrogen and oxygen atoms in total. The molecule has 1 aliphatic heterocycles. The van der Waals surface area contributed by atoms with E-state index in [0.29, 0.717) is 21.2 Å². The second-order valence-electron chi connectivity index (χ2n) is 6.80. The van der Waals surface area contributed by atoms with Crippen molar-refractivity contribution in [2.45, 2.75) is 25.5 Å². The maximum atomic E-state index is 12.4. The van der Waals surface area contributed by atoms with Gasteiger partial charge in [-0.15, -0.1) is 0 Å². The van der Waals surface area contributed by atoms with Gasteiger partial charge in [-0.3, -0.25) is 14.4 Å². The third-order valence-corrected chi connectivity index (χ3v) is 5.75. The average molecular weight is 451 g/mol. The lowest BCUT2D eigenvalue weighted by Gasteiger charge is -2.25. The molecule has 9 heteroatoms. The first-order chi connectivity index (χ1) is 14.3. The Morgan fingerprint density at radius 1 is 1.27 bits per heavy atom. The summed E-state index contributed by atoms with van der Waals surface area (Å²) in [5.41, 5.74) is 7.57. The van der Waals surface area contributed by atoms with Crippen molar-refractivity contribution in [3.05, 3.63) is 69.1 Å². The van der Waals surface area contributed by atoms with Crippen LogP contribution in [-0.4, -0.2) is 42.3 Å². The number of hydrogen-bond acceptors (Lipinski definition) is 6. The van der Waals surface area contributed by atoms with Crippen LogP contribution < -0.4 is 5.73 Å². The lowest BCUT2D eigenvalue weighted by atomic mass is 10.00. The molecule has 0 radical (unpaired) electrons. The normalized spacial score (nSPS) is 16.3. The number of carbonyl (C=O) groups excluding carboxylic acids is 3. The molecule has 1 heterocycles. The summed E-state index contributed by atoms with van der Waals surface area (Å²) in [6.07, 6.45) is 5.05. The van der Waals surface area contributed by atoms with Crippen molar-refractivity contribution in [2.75, 3.05) is 13.7 Å². The number of ether oxygens (including phenoxy) is 2. The van der Waals surface area contributed by atoms with E-state index in [2.05, 4.69) is 4.74 Å². The van der Waals surface area contributed by atoms with Gasteiger partial charge in [-0.25, -0.2) is 0 Å². The number of benzene rings is 1. The number of allylic oxidation sites excluding steroid dienone is 2. The third-order valence-electron chi connectivity index (χ3n) is 4.89. The molecule has 3 rings (SSSR count). The molecule has 1 amide bonds. The molecule has 0 saturated heterocycles. The van der Waals surface area contributed by atoms with E-state index < -0.39 is 17.9 Å². The Hall–Kier alpha value is -2.77. The van der Waals surface area contributed by atoms with Crippen LogP contribution in [0.15, 0.2) is 53.5 Å². The molecule has 158 valence electrons. The highest BCUT2D eigenvalue weighted by Gasteiger charge is 2.33. The van der Waals surface area contributed by atoms with Gasteiger partial charge in [0.2, 0.25) is 11.7 Å². The van der Waals surface area contributed by atoms with Crippen LogP contribution in [0.5, 0.6) is 0 Å². The Morgan fingerprint density at radius 3 is 2.73 bits per heavy atom. The number of methoxy groups -OCH3 is 1. The van der Waals surface area contributed by atoms with Gasteiger partial charge in [0, 0.05) is 30.3 Å². The molecule has 2 N–H and O–H groups in total. The van der Waals surface area contributed by atoms with E-state index in [1.807, 2.05) is 0 Å². The molecule has 0 fully saturated rings. The monoisotopic (exact) mass is 450 g/mol. The van der Waals surface area contributed by atoms with Gasteiger partial charge in [-0.1, -0.05) is 35.3 Å². The zero-order chi connectivity index (χ0) is 21.8. The van der Waals surface area contributed by atoms with Crippen LogP contribution in [0.2, 0.25) is 10.0 Å². The first-order valence-electron chi connectivity index (χ1n) is 9.17. The molecular formula is C21H20Cl2N2O5. The molecule has 1 atom stereocenters. The van der Waals surface area contributed by atoms with Gasteiger partial charge in [-0.2, -0.15) is 0 Å². The van der Waals surface area contributed by atoms with E-state index in [1.54, 1.807) is 35.4 Å². The number of ketones is 1. The van der Waals surface area contributed by atoms with Crippen LogP contribution in [0, 0.1) is 0 Å². The van der Waals surface area contributed by atoms with Crippen LogP contribution in [0.25, 0.3) is 0 Å². The summed E-state index contributed by atoms with van der Waals surface area (Å²) in [5, 5.41) is 0.761. The summed E-state index contributed by atoms with van der Waals surface area (Å²) in [7, 11) is 1.28. The van der Waals surface area contributed by atoms with Gasteiger partial charge in [0.05, 0.1) is 17.2 Å².